The lowest BCUT2D eigenvalue weighted by Crippen LogP contribution is -2.49. The van der Waals surface area contributed by atoms with Crippen molar-refractivity contribution >= 4 is 11.8 Å². The standard InChI is InChI=1S/C26H40N4O3/c1-20(2)23-10-8-22(9-11-23)19-28-14-12-25(31)30-24(18-21-6-4-3-5-7-21)26(32)29-15-17-33-16-13-27/h3-8,23-24,28H,1,9-19,27H2,2H3,(H,29,32)(H,30,31)/t23-,24+/m1/s1. The highest BCUT2D eigenvalue weighted by molar-refractivity contribution is 5.87. The predicted octanol–water partition coefficient (Wildman–Crippen LogP) is 2.09. The van der Waals surface area contributed by atoms with E-state index < -0.39 is 6.04 Å². The summed E-state index contributed by atoms with van der Waals surface area (Å²) in [5, 5.41) is 9.10. The molecule has 0 saturated heterocycles. The average Bonchev–Trinajstić information content (AvgIpc) is 2.82. The number of allylic oxidation sites excluding steroid dienone is 2. The second-order valence-corrected chi connectivity index (χ2v) is 8.61. The molecule has 2 rings (SSSR count). The van der Waals surface area contributed by atoms with E-state index in [-0.39, 0.29) is 11.8 Å². The van der Waals surface area contributed by atoms with Crippen molar-refractivity contribution in [2.75, 3.05) is 39.4 Å². The summed E-state index contributed by atoms with van der Waals surface area (Å²) in [5.41, 5.74) is 9.04. The molecule has 182 valence electrons. The van der Waals surface area contributed by atoms with E-state index >= 15 is 0 Å². The van der Waals surface area contributed by atoms with Crippen molar-refractivity contribution in [2.45, 2.75) is 45.1 Å². The SMILES string of the molecule is C=C(C)[C@@H]1CC=C(CNCCC(=O)N[C@@H](Cc2ccccc2)C(=O)NCCOCCN)CC1. The molecule has 0 bridgehead atoms. The van der Waals surface area contributed by atoms with Crippen molar-refractivity contribution in [3.05, 3.63) is 59.7 Å². The molecule has 0 unspecified atom stereocenters. The Morgan fingerprint density at radius 3 is 2.67 bits per heavy atom. The average molecular weight is 457 g/mol. The zero-order valence-corrected chi connectivity index (χ0v) is 19.9. The van der Waals surface area contributed by atoms with Gasteiger partial charge >= 0.3 is 0 Å². The number of carbonyl (C=O) groups is 2. The Labute approximate surface area is 198 Å². The highest BCUT2D eigenvalue weighted by atomic mass is 16.5. The third-order valence-electron chi connectivity index (χ3n) is 5.82. The summed E-state index contributed by atoms with van der Waals surface area (Å²) >= 11 is 0. The number of nitrogens with one attached hydrogen (secondary N) is 3. The number of carbonyl (C=O) groups excluding carboxylic acids is 2. The summed E-state index contributed by atoms with van der Waals surface area (Å²) < 4.78 is 5.30. The molecule has 0 aliphatic heterocycles. The Bertz CT molecular complexity index is 779. The normalized spacial score (nSPS) is 16.5. The number of rotatable bonds is 15. The molecular weight excluding hydrogens is 416 g/mol. The summed E-state index contributed by atoms with van der Waals surface area (Å²) in [5.74, 6) is 0.244. The van der Waals surface area contributed by atoms with Gasteiger partial charge in [-0.2, -0.15) is 0 Å². The number of hydrogen-bond donors (Lipinski definition) is 4. The van der Waals surface area contributed by atoms with Gasteiger partial charge in [-0.15, -0.1) is 0 Å². The topological polar surface area (TPSA) is 105 Å². The maximum Gasteiger partial charge on any atom is 0.243 e. The van der Waals surface area contributed by atoms with Crippen molar-refractivity contribution in [2.24, 2.45) is 11.7 Å². The van der Waals surface area contributed by atoms with Gasteiger partial charge in [0.05, 0.1) is 13.2 Å². The zero-order valence-electron chi connectivity index (χ0n) is 19.9. The molecule has 1 aromatic rings. The van der Waals surface area contributed by atoms with E-state index in [2.05, 4.69) is 35.5 Å². The number of ether oxygens (including phenoxy) is 1. The molecule has 33 heavy (non-hydrogen) atoms. The van der Waals surface area contributed by atoms with E-state index in [1.807, 2.05) is 30.3 Å². The molecule has 0 aromatic heterocycles. The Morgan fingerprint density at radius 1 is 1.21 bits per heavy atom. The Balaban J connectivity index is 1.76. The van der Waals surface area contributed by atoms with E-state index in [1.165, 1.54) is 11.1 Å². The van der Waals surface area contributed by atoms with Crippen LogP contribution in [0.4, 0.5) is 0 Å². The molecule has 1 aromatic carbocycles. The molecule has 0 saturated carbocycles. The highest BCUT2D eigenvalue weighted by Crippen LogP contribution is 2.27. The first-order valence-corrected chi connectivity index (χ1v) is 11.9. The van der Waals surface area contributed by atoms with Gasteiger partial charge < -0.3 is 26.4 Å². The van der Waals surface area contributed by atoms with Crippen LogP contribution in [0.2, 0.25) is 0 Å². The van der Waals surface area contributed by atoms with E-state index in [0.717, 1.165) is 31.4 Å². The minimum absolute atomic E-state index is 0.141. The van der Waals surface area contributed by atoms with E-state index in [1.54, 1.807) is 0 Å². The summed E-state index contributed by atoms with van der Waals surface area (Å²) in [4.78, 5) is 25.2. The molecule has 0 heterocycles. The first-order valence-electron chi connectivity index (χ1n) is 11.9. The van der Waals surface area contributed by atoms with Gasteiger partial charge in [0.15, 0.2) is 0 Å². The number of nitrogens with two attached hydrogens (primary N) is 1. The summed E-state index contributed by atoms with van der Waals surface area (Å²) in [6.07, 6.45) is 6.34. The van der Waals surface area contributed by atoms with Gasteiger partial charge in [0.2, 0.25) is 11.8 Å². The smallest absolute Gasteiger partial charge is 0.243 e. The van der Waals surface area contributed by atoms with Crippen molar-refractivity contribution in [1.82, 2.24) is 16.0 Å². The molecule has 1 aliphatic carbocycles. The van der Waals surface area contributed by atoms with E-state index in [0.29, 0.717) is 51.6 Å². The molecule has 7 nitrogen and oxygen atoms in total. The Hall–Kier alpha value is -2.48. The number of benzene rings is 1. The largest absolute Gasteiger partial charge is 0.378 e. The maximum atomic E-state index is 12.7. The third-order valence-corrected chi connectivity index (χ3v) is 5.82. The minimum Gasteiger partial charge on any atom is -0.378 e. The van der Waals surface area contributed by atoms with Gasteiger partial charge in [0, 0.05) is 39.0 Å². The van der Waals surface area contributed by atoms with Crippen LogP contribution in [0.25, 0.3) is 0 Å². The monoisotopic (exact) mass is 456 g/mol. The second-order valence-electron chi connectivity index (χ2n) is 8.61. The number of amides is 2. The van der Waals surface area contributed by atoms with E-state index in [9.17, 15) is 9.59 Å². The molecule has 5 N–H and O–H groups in total. The van der Waals surface area contributed by atoms with Crippen LogP contribution in [0, 0.1) is 5.92 Å². The van der Waals surface area contributed by atoms with Crippen LogP contribution >= 0.6 is 0 Å². The fourth-order valence-corrected chi connectivity index (χ4v) is 3.83. The molecule has 0 fully saturated rings. The number of hydrogen-bond acceptors (Lipinski definition) is 5. The second kappa shape index (κ2) is 15.4. The van der Waals surface area contributed by atoms with Gasteiger partial charge in [-0.05, 0) is 37.7 Å². The van der Waals surface area contributed by atoms with Crippen molar-refractivity contribution in [1.29, 1.82) is 0 Å². The van der Waals surface area contributed by atoms with Crippen LogP contribution in [-0.2, 0) is 20.7 Å². The first kappa shape index (κ1) is 26.8. The highest BCUT2D eigenvalue weighted by Gasteiger charge is 2.21. The fourth-order valence-electron chi connectivity index (χ4n) is 3.83. The van der Waals surface area contributed by atoms with Crippen molar-refractivity contribution < 1.29 is 14.3 Å². The van der Waals surface area contributed by atoms with Gasteiger partial charge in [0.25, 0.3) is 0 Å². The summed E-state index contributed by atoms with van der Waals surface area (Å²) in [7, 11) is 0. The summed E-state index contributed by atoms with van der Waals surface area (Å²) in [6, 6.07) is 9.06. The van der Waals surface area contributed by atoms with Crippen LogP contribution in [0.3, 0.4) is 0 Å². The maximum absolute atomic E-state index is 12.7. The van der Waals surface area contributed by atoms with Gasteiger partial charge in [-0.1, -0.05) is 54.1 Å². The molecule has 2 atom stereocenters. The molecule has 1 aliphatic rings. The predicted molar refractivity (Wildman–Crippen MR) is 133 cm³/mol. The van der Waals surface area contributed by atoms with Crippen LogP contribution in [0.5, 0.6) is 0 Å². The van der Waals surface area contributed by atoms with Gasteiger partial charge in [0.1, 0.15) is 6.04 Å². The van der Waals surface area contributed by atoms with Crippen LogP contribution < -0.4 is 21.7 Å². The Morgan fingerprint density at radius 2 is 2.00 bits per heavy atom. The van der Waals surface area contributed by atoms with E-state index in [4.69, 9.17) is 10.5 Å². The van der Waals surface area contributed by atoms with Crippen molar-refractivity contribution in [3.63, 3.8) is 0 Å². The van der Waals surface area contributed by atoms with Crippen LogP contribution in [-0.4, -0.2) is 57.2 Å². The minimum atomic E-state index is -0.630. The molecule has 0 radical (unpaired) electrons. The lowest BCUT2D eigenvalue weighted by atomic mass is 9.85. The lowest BCUT2D eigenvalue weighted by Gasteiger charge is -2.22. The van der Waals surface area contributed by atoms with Crippen LogP contribution in [0.15, 0.2) is 54.1 Å². The molecule has 0 spiro atoms. The lowest BCUT2D eigenvalue weighted by molar-refractivity contribution is -0.129. The van der Waals surface area contributed by atoms with Crippen molar-refractivity contribution in [3.8, 4) is 0 Å². The van der Waals surface area contributed by atoms with Gasteiger partial charge in [-0.3, -0.25) is 9.59 Å². The fraction of sp³-hybridized carbons (Fsp3) is 0.538. The third kappa shape index (κ3) is 10.8. The molecule has 7 heteroatoms. The Kier molecular flexibility index (Phi) is 12.5. The van der Waals surface area contributed by atoms with Crippen LogP contribution in [0.1, 0.15) is 38.2 Å². The quantitative estimate of drug-likeness (QED) is 0.239. The van der Waals surface area contributed by atoms with Gasteiger partial charge in [-0.25, -0.2) is 0 Å². The molecular formula is C26H40N4O3. The summed E-state index contributed by atoms with van der Waals surface area (Å²) in [6.45, 7) is 9.20. The first-order chi connectivity index (χ1) is 16.0. The molecule has 2 amide bonds. The zero-order chi connectivity index (χ0) is 23.9.